The molecule has 28 heavy (non-hydrogen) atoms. The van der Waals surface area contributed by atoms with Gasteiger partial charge in [-0.3, -0.25) is 9.59 Å². The molecule has 0 unspecified atom stereocenters. The van der Waals surface area contributed by atoms with Crippen molar-refractivity contribution < 1.29 is 9.59 Å². The molecule has 1 fully saturated rings. The van der Waals surface area contributed by atoms with Gasteiger partial charge < -0.3 is 15.5 Å². The molecule has 1 aliphatic rings. The van der Waals surface area contributed by atoms with Crippen molar-refractivity contribution in [3.8, 4) is 0 Å². The number of aromatic nitrogens is 1. The summed E-state index contributed by atoms with van der Waals surface area (Å²) in [5, 5.41) is 5.84. The van der Waals surface area contributed by atoms with E-state index in [1.807, 2.05) is 32.9 Å². The molecule has 2 N–H and O–H groups in total. The van der Waals surface area contributed by atoms with E-state index in [2.05, 4.69) is 20.5 Å². The van der Waals surface area contributed by atoms with E-state index in [0.29, 0.717) is 16.8 Å². The van der Waals surface area contributed by atoms with Gasteiger partial charge in [-0.05, 0) is 75.9 Å². The molecule has 2 heterocycles. The van der Waals surface area contributed by atoms with E-state index in [1.54, 1.807) is 24.4 Å². The number of rotatable bonds is 5. The molecule has 0 spiro atoms. The summed E-state index contributed by atoms with van der Waals surface area (Å²) in [7, 11) is 0. The van der Waals surface area contributed by atoms with Crippen LogP contribution in [-0.4, -0.2) is 35.9 Å². The number of nitrogens with one attached hydrogen (secondary N) is 2. The SMILES string of the molecule is Cc1cc(NC(=O)c2cccnc2N2CCCCC2)ccc1C(=O)NC(C)C. The molecular formula is C22H28N4O2. The average Bonchev–Trinajstić information content (AvgIpc) is 2.68. The van der Waals surface area contributed by atoms with Crippen LogP contribution in [0.5, 0.6) is 0 Å². The summed E-state index contributed by atoms with van der Waals surface area (Å²) in [4.78, 5) is 31.8. The Kier molecular flexibility index (Phi) is 6.29. The highest BCUT2D eigenvalue weighted by Gasteiger charge is 2.20. The summed E-state index contributed by atoms with van der Waals surface area (Å²) < 4.78 is 0. The minimum Gasteiger partial charge on any atom is -0.356 e. The van der Waals surface area contributed by atoms with Gasteiger partial charge in [0.2, 0.25) is 0 Å². The number of carbonyl (C=O) groups excluding carboxylic acids is 2. The van der Waals surface area contributed by atoms with Crippen molar-refractivity contribution in [1.29, 1.82) is 0 Å². The third-order valence-electron chi connectivity index (χ3n) is 4.84. The largest absolute Gasteiger partial charge is 0.356 e. The fourth-order valence-corrected chi connectivity index (χ4v) is 3.47. The van der Waals surface area contributed by atoms with Crippen LogP contribution in [0.4, 0.5) is 11.5 Å². The van der Waals surface area contributed by atoms with E-state index in [9.17, 15) is 9.59 Å². The molecule has 1 aliphatic heterocycles. The van der Waals surface area contributed by atoms with Gasteiger partial charge in [-0.15, -0.1) is 0 Å². The molecule has 2 amide bonds. The van der Waals surface area contributed by atoms with E-state index in [1.165, 1.54) is 6.42 Å². The quantitative estimate of drug-likeness (QED) is 0.828. The number of hydrogen-bond acceptors (Lipinski definition) is 4. The Morgan fingerprint density at radius 3 is 2.46 bits per heavy atom. The second-order valence-electron chi connectivity index (χ2n) is 7.53. The molecule has 3 rings (SSSR count). The fourth-order valence-electron chi connectivity index (χ4n) is 3.47. The van der Waals surface area contributed by atoms with Gasteiger partial charge in [-0.25, -0.2) is 4.98 Å². The first-order chi connectivity index (χ1) is 13.5. The van der Waals surface area contributed by atoms with Crippen molar-refractivity contribution in [2.24, 2.45) is 0 Å². The molecule has 0 atom stereocenters. The fraction of sp³-hybridized carbons (Fsp3) is 0.409. The van der Waals surface area contributed by atoms with Crippen LogP contribution in [0.1, 0.15) is 59.4 Å². The first kappa shape index (κ1) is 19.9. The maximum atomic E-state index is 12.9. The Morgan fingerprint density at radius 1 is 1.04 bits per heavy atom. The molecule has 1 saturated heterocycles. The minimum absolute atomic E-state index is 0.0741. The third kappa shape index (κ3) is 4.68. The van der Waals surface area contributed by atoms with Gasteiger partial charge in [0, 0.05) is 36.6 Å². The number of benzene rings is 1. The standard InChI is InChI=1S/C22H28N4O2/c1-15(2)24-21(27)18-10-9-17(14-16(18)3)25-22(28)19-8-7-11-23-20(19)26-12-5-4-6-13-26/h7-11,14-15H,4-6,12-13H2,1-3H3,(H,24,27)(H,25,28). The molecule has 148 valence electrons. The average molecular weight is 380 g/mol. The second kappa shape index (κ2) is 8.87. The third-order valence-corrected chi connectivity index (χ3v) is 4.84. The topological polar surface area (TPSA) is 74.3 Å². The van der Waals surface area contributed by atoms with Crippen LogP contribution in [0, 0.1) is 6.92 Å². The highest BCUT2D eigenvalue weighted by atomic mass is 16.2. The maximum Gasteiger partial charge on any atom is 0.259 e. The number of carbonyl (C=O) groups is 2. The molecular weight excluding hydrogens is 352 g/mol. The highest BCUT2D eigenvalue weighted by Crippen LogP contribution is 2.23. The predicted molar refractivity (Wildman–Crippen MR) is 112 cm³/mol. The molecule has 0 bridgehead atoms. The lowest BCUT2D eigenvalue weighted by Crippen LogP contribution is -2.32. The summed E-state index contributed by atoms with van der Waals surface area (Å²) in [5.74, 6) is 0.446. The number of aryl methyl sites for hydroxylation is 1. The van der Waals surface area contributed by atoms with Gasteiger partial charge in [-0.1, -0.05) is 0 Å². The van der Waals surface area contributed by atoms with E-state index in [0.717, 1.165) is 37.3 Å². The van der Waals surface area contributed by atoms with Gasteiger partial charge in [0.1, 0.15) is 5.82 Å². The zero-order valence-electron chi connectivity index (χ0n) is 16.8. The molecule has 0 radical (unpaired) electrons. The lowest BCUT2D eigenvalue weighted by molar-refractivity contribution is 0.0942. The van der Waals surface area contributed by atoms with Gasteiger partial charge in [-0.2, -0.15) is 0 Å². The second-order valence-corrected chi connectivity index (χ2v) is 7.53. The van der Waals surface area contributed by atoms with Crippen molar-refractivity contribution in [3.63, 3.8) is 0 Å². The van der Waals surface area contributed by atoms with Crippen LogP contribution in [0.3, 0.4) is 0 Å². The Hall–Kier alpha value is -2.89. The van der Waals surface area contributed by atoms with Crippen LogP contribution in [0.15, 0.2) is 36.5 Å². The van der Waals surface area contributed by atoms with Gasteiger partial charge in [0.25, 0.3) is 11.8 Å². The van der Waals surface area contributed by atoms with E-state index >= 15 is 0 Å². The van der Waals surface area contributed by atoms with Crippen LogP contribution in [0.25, 0.3) is 0 Å². The van der Waals surface area contributed by atoms with Crippen LogP contribution in [0.2, 0.25) is 0 Å². The number of piperidine rings is 1. The first-order valence-electron chi connectivity index (χ1n) is 9.88. The van der Waals surface area contributed by atoms with Crippen molar-refractivity contribution in [2.75, 3.05) is 23.3 Å². The molecule has 2 aromatic rings. The number of hydrogen-bond donors (Lipinski definition) is 2. The summed E-state index contributed by atoms with van der Waals surface area (Å²) >= 11 is 0. The number of anilines is 2. The Balaban J connectivity index is 1.77. The van der Waals surface area contributed by atoms with E-state index in [-0.39, 0.29) is 17.9 Å². The lowest BCUT2D eigenvalue weighted by atomic mass is 10.1. The smallest absolute Gasteiger partial charge is 0.259 e. The molecule has 0 aliphatic carbocycles. The van der Waals surface area contributed by atoms with Crippen molar-refractivity contribution >= 4 is 23.3 Å². The number of nitrogens with zero attached hydrogens (tertiary/aromatic N) is 2. The Labute approximate surface area is 166 Å². The van der Waals surface area contributed by atoms with Crippen LogP contribution in [-0.2, 0) is 0 Å². The summed E-state index contributed by atoms with van der Waals surface area (Å²) in [6.45, 7) is 7.57. The minimum atomic E-state index is -0.188. The first-order valence-corrected chi connectivity index (χ1v) is 9.88. The van der Waals surface area contributed by atoms with Crippen molar-refractivity contribution in [2.45, 2.75) is 46.1 Å². The van der Waals surface area contributed by atoms with E-state index in [4.69, 9.17) is 0 Å². The number of pyridine rings is 1. The molecule has 6 nitrogen and oxygen atoms in total. The lowest BCUT2D eigenvalue weighted by Gasteiger charge is -2.29. The Morgan fingerprint density at radius 2 is 1.79 bits per heavy atom. The summed E-state index contributed by atoms with van der Waals surface area (Å²) in [5.41, 5.74) is 2.67. The number of amides is 2. The molecule has 0 saturated carbocycles. The summed E-state index contributed by atoms with van der Waals surface area (Å²) in [6.07, 6.45) is 5.20. The van der Waals surface area contributed by atoms with Crippen LogP contribution < -0.4 is 15.5 Å². The zero-order chi connectivity index (χ0) is 20.1. The van der Waals surface area contributed by atoms with Crippen LogP contribution >= 0.6 is 0 Å². The van der Waals surface area contributed by atoms with Gasteiger partial charge >= 0.3 is 0 Å². The molecule has 1 aromatic carbocycles. The van der Waals surface area contributed by atoms with Gasteiger partial charge in [0.15, 0.2) is 0 Å². The van der Waals surface area contributed by atoms with E-state index < -0.39 is 0 Å². The molecule has 1 aromatic heterocycles. The normalized spacial score (nSPS) is 14.1. The molecule has 6 heteroatoms. The van der Waals surface area contributed by atoms with Crippen molar-refractivity contribution in [3.05, 3.63) is 53.2 Å². The van der Waals surface area contributed by atoms with Gasteiger partial charge in [0.05, 0.1) is 5.56 Å². The maximum absolute atomic E-state index is 12.9. The predicted octanol–water partition coefficient (Wildman–Crippen LogP) is 3.77. The van der Waals surface area contributed by atoms with Crippen molar-refractivity contribution in [1.82, 2.24) is 10.3 Å². The summed E-state index contributed by atoms with van der Waals surface area (Å²) in [6, 6.07) is 9.00. The monoisotopic (exact) mass is 380 g/mol. The zero-order valence-corrected chi connectivity index (χ0v) is 16.8. The Bertz CT molecular complexity index is 857. The highest BCUT2D eigenvalue weighted by molar-refractivity contribution is 6.08.